The van der Waals surface area contributed by atoms with Gasteiger partial charge in [0, 0.05) is 30.7 Å². The van der Waals surface area contributed by atoms with E-state index < -0.39 is 15.9 Å². The predicted molar refractivity (Wildman–Crippen MR) is 93.4 cm³/mol. The molecule has 2 aliphatic rings. The molecule has 1 saturated heterocycles. The highest BCUT2D eigenvalue weighted by atomic mass is 32.2. The number of nitrogens with one attached hydrogen (secondary N) is 2. The van der Waals surface area contributed by atoms with Crippen molar-refractivity contribution in [2.45, 2.75) is 50.1 Å². The predicted octanol–water partition coefficient (Wildman–Crippen LogP) is 1.32. The van der Waals surface area contributed by atoms with Crippen molar-refractivity contribution in [3.8, 4) is 0 Å². The maximum atomic E-state index is 12.4. The zero-order valence-electron chi connectivity index (χ0n) is 14.4. The summed E-state index contributed by atoms with van der Waals surface area (Å²) in [6.07, 6.45) is 1.90. The molecular formula is C17H23N3O4S. The normalized spacial score (nSPS) is 21.0. The van der Waals surface area contributed by atoms with Gasteiger partial charge in [-0.15, -0.1) is 0 Å². The number of hydrogen-bond donors (Lipinski definition) is 2. The first-order chi connectivity index (χ1) is 11.8. The van der Waals surface area contributed by atoms with E-state index in [0.29, 0.717) is 12.2 Å². The molecule has 0 aromatic heterocycles. The maximum absolute atomic E-state index is 12.4. The molecule has 1 aliphatic heterocycles. The first-order valence-corrected chi connectivity index (χ1v) is 9.97. The van der Waals surface area contributed by atoms with Crippen LogP contribution in [0.2, 0.25) is 0 Å². The third kappa shape index (κ3) is 4.19. The van der Waals surface area contributed by atoms with Gasteiger partial charge in [0.1, 0.15) is 0 Å². The van der Waals surface area contributed by atoms with E-state index in [9.17, 15) is 18.0 Å². The second-order valence-electron chi connectivity index (χ2n) is 6.95. The lowest BCUT2D eigenvalue weighted by atomic mass is 10.1. The Morgan fingerprint density at radius 1 is 1.28 bits per heavy atom. The van der Waals surface area contributed by atoms with E-state index in [2.05, 4.69) is 10.0 Å². The number of likely N-dealkylation sites (tertiary alicyclic amines) is 1. The van der Waals surface area contributed by atoms with Crippen LogP contribution < -0.4 is 10.0 Å². The van der Waals surface area contributed by atoms with Crippen molar-refractivity contribution in [3.05, 3.63) is 24.3 Å². The standard InChI is InChI=1S/C17H23N3O4S/c1-11(2)20-10-12(8-16(20)21)17(22)18-14-4-3-5-15(9-14)25(23,24)19-13-6-7-13/h3-5,9,11-13,19H,6-8,10H2,1-2H3,(H,18,22). The number of hydrogen-bond acceptors (Lipinski definition) is 4. The zero-order valence-corrected chi connectivity index (χ0v) is 15.2. The van der Waals surface area contributed by atoms with E-state index in [0.717, 1.165) is 12.8 Å². The van der Waals surface area contributed by atoms with Gasteiger partial charge in [0.05, 0.1) is 10.8 Å². The Morgan fingerprint density at radius 3 is 2.60 bits per heavy atom. The first kappa shape index (κ1) is 17.9. The molecule has 2 amide bonds. The molecule has 0 spiro atoms. The van der Waals surface area contributed by atoms with Crippen LogP contribution in [0.5, 0.6) is 0 Å². The minimum Gasteiger partial charge on any atom is -0.339 e. The number of amides is 2. The van der Waals surface area contributed by atoms with E-state index in [1.165, 1.54) is 12.1 Å². The number of sulfonamides is 1. The fraction of sp³-hybridized carbons (Fsp3) is 0.529. The van der Waals surface area contributed by atoms with Gasteiger partial charge in [0.25, 0.3) is 0 Å². The highest BCUT2D eigenvalue weighted by Crippen LogP contribution is 2.25. The molecule has 1 heterocycles. The van der Waals surface area contributed by atoms with Crippen molar-refractivity contribution in [2.24, 2.45) is 5.92 Å². The summed E-state index contributed by atoms with van der Waals surface area (Å²) < 4.78 is 27.1. The summed E-state index contributed by atoms with van der Waals surface area (Å²) in [6, 6.07) is 6.27. The van der Waals surface area contributed by atoms with Crippen LogP contribution in [0.1, 0.15) is 33.1 Å². The first-order valence-electron chi connectivity index (χ1n) is 8.49. The van der Waals surface area contributed by atoms with E-state index in [1.54, 1.807) is 17.0 Å². The molecule has 8 heteroatoms. The highest BCUT2D eigenvalue weighted by molar-refractivity contribution is 7.89. The summed E-state index contributed by atoms with van der Waals surface area (Å²) in [5.74, 6) is -0.707. The van der Waals surface area contributed by atoms with Gasteiger partial charge in [-0.1, -0.05) is 6.07 Å². The van der Waals surface area contributed by atoms with Gasteiger partial charge in [-0.3, -0.25) is 9.59 Å². The second-order valence-corrected chi connectivity index (χ2v) is 8.67. The van der Waals surface area contributed by atoms with Gasteiger partial charge in [-0.05, 0) is 44.9 Å². The largest absolute Gasteiger partial charge is 0.339 e. The van der Waals surface area contributed by atoms with Crippen molar-refractivity contribution in [3.63, 3.8) is 0 Å². The van der Waals surface area contributed by atoms with Crippen LogP contribution in [0.25, 0.3) is 0 Å². The van der Waals surface area contributed by atoms with E-state index >= 15 is 0 Å². The Balaban J connectivity index is 1.68. The summed E-state index contributed by atoms with van der Waals surface area (Å²) in [5, 5.41) is 2.74. The summed E-state index contributed by atoms with van der Waals surface area (Å²) in [6.45, 7) is 4.22. The van der Waals surface area contributed by atoms with Gasteiger partial charge in [-0.2, -0.15) is 0 Å². The molecule has 1 aliphatic carbocycles. The molecule has 1 aromatic rings. The number of carbonyl (C=O) groups excluding carboxylic acids is 2. The van der Waals surface area contributed by atoms with Crippen molar-refractivity contribution < 1.29 is 18.0 Å². The lowest BCUT2D eigenvalue weighted by molar-refractivity contribution is -0.129. The molecule has 7 nitrogen and oxygen atoms in total. The van der Waals surface area contributed by atoms with Crippen molar-refractivity contribution in [1.29, 1.82) is 0 Å². The minimum atomic E-state index is -3.57. The Bertz CT molecular complexity index is 787. The summed E-state index contributed by atoms with van der Waals surface area (Å²) in [7, 11) is -3.57. The number of carbonyl (C=O) groups is 2. The van der Waals surface area contributed by atoms with E-state index in [-0.39, 0.29) is 35.2 Å². The Hall–Kier alpha value is -1.93. The Kier molecular flexibility index (Phi) is 4.83. The number of rotatable bonds is 6. The molecule has 136 valence electrons. The average Bonchev–Trinajstić information content (AvgIpc) is 3.25. The molecule has 1 unspecified atom stereocenters. The average molecular weight is 365 g/mol. The third-order valence-corrected chi connectivity index (χ3v) is 5.98. The molecule has 0 bridgehead atoms. The summed E-state index contributed by atoms with van der Waals surface area (Å²) in [5.41, 5.74) is 0.416. The van der Waals surface area contributed by atoms with Gasteiger partial charge < -0.3 is 10.2 Å². The number of benzene rings is 1. The van der Waals surface area contributed by atoms with Gasteiger partial charge in [-0.25, -0.2) is 13.1 Å². The SMILES string of the molecule is CC(C)N1CC(C(=O)Nc2cccc(S(=O)(=O)NC3CC3)c2)CC1=O. The van der Waals surface area contributed by atoms with Crippen LogP contribution in [0.4, 0.5) is 5.69 Å². The Morgan fingerprint density at radius 2 is 2.00 bits per heavy atom. The smallest absolute Gasteiger partial charge is 0.240 e. The van der Waals surface area contributed by atoms with Crippen molar-refractivity contribution in [1.82, 2.24) is 9.62 Å². The molecular weight excluding hydrogens is 342 g/mol. The molecule has 3 rings (SSSR count). The zero-order chi connectivity index (χ0) is 18.2. The Labute approximate surface area is 147 Å². The molecule has 2 N–H and O–H groups in total. The second kappa shape index (κ2) is 6.76. The molecule has 1 aromatic carbocycles. The van der Waals surface area contributed by atoms with Crippen LogP contribution >= 0.6 is 0 Å². The van der Waals surface area contributed by atoms with Crippen LogP contribution in [0.3, 0.4) is 0 Å². The molecule has 0 radical (unpaired) electrons. The topological polar surface area (TPSA) is 95.6 Å². The van der Waals surface area contributed by atoms with Crippen molar-refractivity contribution >= 4 is 27.5 Å². The fourth-order valence-electron chi connectivity index (χ4n) is 2.88. The van der Waals surface area contributed by atoms with Crippen LogP contribution in [-0.2, 0) is 19.6 Å². The number of nitrogens with zero attached hydrogens (tertiary/aromatic N) is 1. The molecule has 1 saturated carbocycles. The van der Waals surface area contributed by atoms with Crippen LogP contribution in [-0.4, -0.2) is 43.8 Å². The van der Waals surface area contributed by atoms with E-state index in [1.807, 2.05) is 13.8 Å². The van der Waals surface area contributed by atoms with E-state index in [4.69, 9.17) is 0 Å². The summed E-state index contributed by atoms with van der Waals surface area (Å²) >= 11 is 0. The van der Waals surface area contributed by atoms with Crippen LogP contribution in [0, 0.1) is 5.92 Å². The molecule has 1 atom stereocenters. The number of anilines is 1. The van der Waals surface area contributed by atoms with Gasteiger partial charge in [0.2, 0.25) is 21.8 Å². The monoisotopic (exact) mass is 365 g/mol. The molecule has 25 heavy (non-hydrogen) atoms. The highest BCUT2D eigenvalue weighted by Gasteiger charge is 2.35. The lowest BCUT2D eigenvalue weighted by Gasteiger charge is -2.20. The maximum Gasteiger partial charge on any atom is 0.240 e. The minimum absolute atomic E-state index is 0.0229. The molecule has 2 fully saturated rings. The van der Waals surface area contributed by atoms with Crippen LogP contribution in [0.15, 0.2) is 29.2 Å². The summed E-state index contributed by atoms with van der Waals surface area (Å²) in [4.78, 5) is 26.2. The fourth-order valence-corrected chi connectivity index (χ4v) is 4.23. The quantitative estimate of drug-likeness (QED) is 0.795. The lowest BCUT2D eigenvalue weighted by Crippen LogP contribution is -2.33. The van der Waals surface area contributed by atoms with Gasteiger partial charge in [0.15, 0.2) is 0 Å². The third-order valence-electron chi connectivity index (χ3n) is 4.46. The van der Waals surface area contributed by atoms with Crippen molar-refractivity contribution in [2.75, 3.05) is 11.9 Å². The van der Waals surface area contributed by atoms with Gasteiger partial charge >= 0.3 is 0 Å².